The number of carbonyl (C=O) groups excluding carboxylic acids is 5. The number of aliphatic hydroxyl groups is 1. The number of aliphatic hydroxyl groups excluding tert-OH is 1. The number of ether oxygens (including phenoxy) is 10. The molecule has 16 nitrogen and oxygen atoms in total. The highest BCUT2D eigenvalue weighted by Crippen LogP contribution is 2.48. The van der Waals surface area contributed by atoms with Gasteiger partial charge in [-0.3, -0.25) is 24.0 Å². The highest BCUT2D eigenvalue weighted by molar-refractivity contribution is 5.68. The van der Waals surface area contributed by atoms with Crippen molar-refractivity contribution in [1.82, 2.24) is 0 Å². The molecule has 0 aromatic heterocycles. The first-order valence-corrected chi connectivity index (χ1v) is 24.8. The molecule has 2 aliphatic rings. The summed E-state index contributed by atoms with van der Waals surface area (Å²) in [7, 11) is 0. The van der Waals surface area contributed by atoms with E-state index in [1.807, 2.05) is 182 Å². The lowest BCUT2D eigenvalue weighted by atomic mass is 9.80. The molecule has 76 heavy (non-hydrogen) atoms. The summed E-state index contributed by atoms with van der Waals surface area (Å²) in [5, 5.41) is 11.7. The molecule has 2 aliphatic heterocycles. The van der Waals surface area contributed by atoms with Gasteiger partial charge in [0.15, 0.2) is 24.4 Å². The van der Waals surface area contributed by atoms with Gasteiger partial charge in [-0.2, -0.15) is 0 Å². The van der Waals surface area contributed by atoms with Crippen LogP contribution >= 0.6 is 0 Å². The third-order valence-electron chi connectivity index (χ3n) is 13.1. The Kier molecular flexibility index (Phi) is 17.6. The van der Waals surface area contributed by atoms with E-state index in [0.717, 1.165) is 44.4 Å². The van der Waals surface area contributed by atoms with Crippen LogP contribution in [-0.2, 0) is 82.5 Å². The first-order chi connectivity index (χ1) is 36.7. The van der Waals surface area contributed by atoms with Gasteiger partial charge in [0.2, 0.25) is 12.1 Å². The molecule has 0 spiro atoms. The van der Waals surface area contributed by atoms with E-state index in [9.17, 15) is 29.1 Å². The van der Waals surface area contributed by atoms with Gasteiger partial charge in [-0.1, -0.05) is 182 Å². The van der Waals surface area contributed by atoms with Crippen LogP contribution in [0.25, 0.3) is 0 Å². The minimum absolute atomic E-state index is 0.399. The van der Waals surface area contributed by atoms with Crippen molar-refractivity contribution >= 4 is 29.8 Å². The molecular weight excluding hydrogens is 977 g/mol. The van der Waals surface area contributed by atoms with E-state index in [0.29, 0.717) is 16.7 Å². The molecule has 396 valence electrons. The molecule has 1 N–H and O–H groups in total. The summed E-state index contributed by atoms with van der Waals surface area (Å²) in [6, 6.07) is 56.5. The lowest BCUT2D eigenvalue weighted by Gasteiger charge is -2.46. The van der Waals surface area contributed by atoms with Crippen molar-refractivity contribution < 1.29 is 76.4 Å². The second kappa shape index (κ2) is 24.4. The van der Waals surface area contributed by atoms with E-state index in [2.05, 4.69) is 0 Å². The third-order valence-corrected chi connectivity index (χ3v) is 13.1. The summed E-state index contributed by atoms with van der Waals surface area (Å²) in [6.45, 7) is 3.95. The lowest BCUT2D eigenvalue weighted by Crippen LogP contribution is -2.65. The number of carbonyl (C=O) groups is 5. The molecule has 0 aliphatic carbocycles. The summed E-state index contributed by atoms with van der Waals surface area (Å²) in [6.07, 6.45) is -13.4. The van der Waals surface area contributed by atoms with Crippen molar-refractivity contribution in [2.45, 2.75) is 101 Å². The first-order valence-electron chi connectivity index (χ1n) is 24.8. The van der Waals surface area contributed by atoms with Gasteiger partial charge in [0, 0.05) is 34.6 Å². The minimum atomic E-state index is -2.49. The predicted octanol–water partition coefficient (Wildman–Crippen LogP) is 7.49. The van der Waals surface area contributed by atoms with Gasteiger partial charge in [0.1, 0.15) is 42.7 Å². The molecule has 2 saturated heterocycles. The Morgan fingerprint density at radius 1 is 0.447 bits per heavy atom. The molecular formula is C60H60O16. The fraction of sp³-hybridized carbons (Fsp3) is 0.317. The van der Waals surface area contributed by atoms with Crippen LogP contribution in [0.2, 0.25) is 0 Å². The first kappa shape index (κ1) is 54.7. The fourth-order valence-electron chi connectivity index (χ4n) is 9.99. The summed E-state index contributed by atoms with van der Waals surface area (Å²) in [5.41, 5.74) is 1.23. The van der Waals surface area contributed by atoms with Crippen LogP contribution in [0.5, 0.6) is 0 Å². The van der Waals surface area contributed by atoms with Crippen molar-refractivity contribution in [3.05, 3.63) is 215 Å². The van der Waals surface area contributed by atoms with Crippen molar-refractivity contribution in [2.75, 3.05) is 19.8 Å². The zero-order valence-electron chi connectivity index (χ0n) is 42.6. The average molecular weight is 1040 g/mol. The van der Waals surface area contributed by atoms with Crippen LogP contribution in [0.4, 0.5) is 0 Å². The Hall–Kier alpha value is -7.57. The van der Waals surface area contributed by atoms with E-state index in [1.165, 1.54) is 6.92 Å². The molecule has 2 heterocycles. The fourth-order valence-corrected chi connectivity index (χ4v) is 9.99. The monoisotopic (exact) mass is 1040 g/mol. The maximum absolute atomic E-state index is 13.7. The highest BCUT2D eigenvalue weighted by atomic mass is 16.8. The number of rotatable bonds is 20. The molecule has 0 bridgehead atoms. The van der Waals surface area contributed by atoms with E-state index < -0.39 is 116 Å². The maximum atomic E-state index is 13.7. The van der Waals surface area contributed by atoms with Crippen LogP contribution in [0.15, 0.2) is 182 Å². The number of esters is 5. The lowest BCUT2D eigenvalue weighted by molar-refractivity contribution is -0.388. The Morgan fingerprint density at radius 2 is 0.803 bits per heavy atom. The van der Waals surface area contributed by atoms with Gasteiger partial charge in [-0.25, -0.2) is 0 Å². The van der Waals surface area contributed by atoms with E-state index >= 15 is 0 Å². The summed E-state index contributed by atoms with van der Waals surface area (Å²) in [4.78, 5) is 65.3. The van der Waals surface area contributed by atoms with Crippen molar-refractivity contribution in [2.24, 2.45) is 0 Å². The van der Waals surface area contributed by atoms with Crippen molar-refractivity contribution in [1.29, 1.82) is 0 Å². The second-order valence-corrected chi connectivity index (χ2v) is 18.3. The zero-order chi connectivity index (χ0) is 53.9. The molecule has 8 rings (SSSR count). The topological polar surface area (TPSA) is 198 Å². The molecule has 2 fully saturated rings. The molecule has 0 saturated carbocycles. The predicted molar refractivity (Wildman–Crippen MR) is 273 cm³/mol. The largest absolute Gasteiger partial charge is 0.463 e. The second-order valence-electron chi connectivity index (χ2n) is 18.3. The Bertz CT molecular complexity index is 2680. The summed E-state index contributed by atoms with van der Waals surface area (Å²) >= 11 is 0. The quantitative estimate of drug-likeness (QED) is 0.0448. The van der Waals surface area contributed by atoms with Gasteiger partial charge in [0.25, 0.3) is 0 Å². The number of benzene rings is 6. The van der Waals surface area contributed by atoms with Gasteiger partial charge in [-0.15, -0.1) is 0 Å². The van der Waals surface area contributed by atoms with Gasteiger partial charge in [0.05, 0.1) is 6.61 Å². The number of hydrogen-bond acceptors (Lipinski definition) is 16. The Balaban J connectivity index is 1.35. The molecule has 0 amide bonds. The molecule has 9 unspecified atom stereocenters. The smallest absolute Gasteiger partial charge is 0.303 e. The Labute approximate surface area is 440 Å². The SMILES string of the molecule is CC(=O)OCC1OC(OC2(COC(c3ccccc3)(c3ccccc3)c3ccccc3)OC(COC(c3ccccc3)(c3ccccc3)c3ccccc3)C(OC(C)=O)C2OC(C)=O)C(OC(C)=O)C(OC(C)=O)C1O. The molecule has 6 aromatic rings. The summed E-state index contributed by atoms with van der Waals surface area (Å²) < 4.78 is 64.6. The van der Waals surface area contributed by atoms with Crippen LogP contribution in [0, 0.1) is 0 Å². The number of hydrogen-bond donors (Lipinski definition) is 1. The van der Waals surface area contributed by atoms with Gasteiger partial charge < -0.3 is 52.5 Å². The van der Waals surface area contributed by atoms with Crippen LogP contribution in [0.3, 0.4) is 0 Å². The summed E-state index contributed by atoms with van der Waals surface area (Å²) in [5.74, 6) is -6.68. The zero-order valence-corrected chi connectivity index (χ0v) is 42.6. The van der Waals surface area contributed by atoms with E-state index in [4.69, 9.17) is 47.4 Å². The standard InChI is InChI=1S/C60H60O16/c1-39(61)67-36-50-52(66)54(71-41(3)63)55(72-42(4)64)57(74-50)76-58(38-69-60(47-30-18-9-19-31-47,48-32-20-10-21-33-48)49-34-22-11-23-35-49)56(73-43(5)65)53(70-40(2)62)51(75-58)37-68-59(44-24-12-6-13-25-44,45-26-14-7-15-27-45)46-28-16-8-17-29-46/h6-35,50-57,66H,36-38H2,1-5H3. The molecule has 9 atom stereocenters. The van der Waals surface area contributed by atoms with Gasteiger partial charge >= 0.3 is 29.8 Å². The normalized spacial score (nSPS) is 23.4. The van der Waals surface area contributed by atoms with Crippen molar-refractivity contribution in [3.63, 3.8) is 0 Å². The van der Waals surface area contributed by atoms with Crippen LogP contribution < -0.4 is 0 Å². The molecule has 6 aromatic carbocycles. The van der Waals surface area contributed by atoms with Gasteiger partial charge in [-0.05, 0) is 33.4 Å². The average Bonchev–Trinajstić information content (AvgIpc) is 3.82. The van der Waals surface area contributed by atoms with E-state index in [1.54, 1.807) is 0 Å². The molecule has 16 heteroatoms. The third kappa shape index (κ3) is 11.9. The van der Waals surface area contributed by atoms with Crippen molar-refractivity contribution in [3.8, 4) is 0 Å². The van der Waals surface area contributed by atoms with Crippen LogP contribution in [-0.4, -0.2) is 110 Å². The van der Waals surface area contributed by atoms with Crippen LogP contribution in [0.1, 0.15) is 68.0 Å². The minimum Gasteiger partial charge on any atom is -0.463 e. The molecule has 0 radical (unpaired) electrons. The maximum Gasteiger partial charge on any atom is 0.303 e. The van der Waals surface area contributed by atoms with E-state index in [-0.39, 0.29) is 0 Å². The Morgan fingerprint density at radius 3 is 1.17 bits per heavy atom. The highest BCUT2D eigenvalue weighted by Gasteiger charge is 2.65.